The molecule has 0 bridgehead atoms. The monoisotopic (exact) mass is 1220 g/mol. The molecule has 458 valence electrons. The van der Waals surface area contributed by atoms with Crippen LogP contribution >= 0.6 is 0 Å². The van der Waals surface area contributed by atoms with Crippen LogP contribution in [0.25, 0.3) is 0 Å². The molecule has 0 radical (unpaired) electrons. The maximum Gasteiger partial charge on any atom is 4.00 e. The summed E-state index contributed by atoms with van der Waals surface area (Å²) in [7, 11) is -0.611. The Labute approximate surface area is 499 Å². The molecule has 77 heavy (non-hydrogen) atoms. The first-order chi connectivity index (χ1) is 36.8. The maximum atomic E-state index is 10.2. The number of unbranched alkanes of at least 4 members (excludes halogenated alkanes) is 48. The SMILES string of the molecule is CCCCCCCCCCCCCCCC(=O)[O-].CCCCCCCCCCCCCCCC(=O)[O-].CCCCCCCCCCCCCCCC(=O)[O-].CCCCCCCCCCCCCCCC(=O)[O-].CS(C)=O.[Sn+4]. The molecule has 0 aliphatic rings. The molecule has 0 aliphatic carbocycles. The van der Waals surface area contributed by atoms with Crippen LogP contribution in [0.3, 0.4) is 0 Å². The van der Waals surface area contributed by atoms with Gasteiger partial charge in [-0.15, -0.1) is 0 Å². The summed E-state index contributed by atoms with van der Waals surface area (Å²) in [5.41, 5.74) is 0. The molecule has 11 heteroatoms. The van der Waals surface area contributed by atoms with Gasteiger partial charge < -0.3 is 39.6 Å². The molecule has 0 rings (SSSR count). The minimum absolute atomic E-state index is 0. The molecule has 9 nitrogen and oxygen atoms in total. The van der Waals surface area contributed by atoms with Crippen LogP contribution in [0.2, 0.25) is 0 Å². The third-order valence-corrected chi connectivity index (χ3v) is 13.9. The van der Waals surface area contributed by atoms with E-state index in [1.54, 1.807) is 12.5 Å². The van der Waals surface area contributed by atoms with Gasteiger partial charge in [-0.25, -0.2) is 0 Å². The zero-order chi connectivity index (χ0) is 57.5. The minimum atomic E-state index is -0.905. The predicted octanol–water partition coefficient (Wildman–Crippen LogP) is 16.5. The molecule has 0 aromatic heterocycles. The van der Waals surface area contributed by atoms with E-state index < -0.39 is 34.7 Å². The van der Waals surface area contributed by atoms with Crippen molar-refractivity contribution in [1.29, 1.82) is 0 Å². The zero-order valence-corrected chi connectivity index (χ0v) is 55.9. The normalized spacial score (nSPS) is 10.5. The van der Waals surface area contributed by atoms with E-state index in [1.165, 1.54) is 283 Å². The smallest absolute Gasteiger partial charge is 0.550 e. The Hall–Kier alpha value is -1.17. The van der Waals surface area contributed by atoms with Crippen molar-refractivity contribution in [3.05, 3.63) is 0 Å². The summed E-state index contributed by atoms with van der Waals surface area (Å²) in [5.74, 6) is -3.62. The van der Waals surface area contributed by atoms with E-state index in [-0.39, 0.29) is 49.6 Å². The number of carboxylic acid groups (broad SMARTS) is 4. The summed E-state index contributed by atoms with van der Waals surface area (Å²) < 4.78 is 9.56. The van der Waals surface area contributed by atoms with Gasteiger partial charge in [0.25, 0.3) is 0 Å². The van der Waals surface area contributed by atoms with Crippen LogP contribution < -0.4 is 20.4 Å². The largest absolute Gasteiger partial charge is 4.00 e. The molecule has 0 spiro atoms. The Morgan fingerprint density at radius 2 is 0.299 bits per heavy atom. The van der Waals surface area contributed by atoms with Crippen molar-refractivity contribution in [3.8, 4) is 0 Å². The summed E-state index contributed by atoms with van der Waals surface area (Å²) in [5, 5.41) is 40.8. The fourth-order valence-corrected chi connectivity index (χ4v) is 9.15. The van der Waals surface area contributed by atoms with Crippen molar-refractivity contribution in [2.45, 2.75) is 387 Å². The van der Waals surface area contributed by atoms with Gasteiger partial charge in [0.05, 0.1) is 0 Å². The van der Waals surface area contributed by atoms with Crippen LogP contribution in [0.4, 0.5) is 0 Å². The fourth-order valence-electron chi connectivity index (χ4n) is 9.15. The molecule has 0 N–H and O–H groups in total. The number of carboxylic acids is 4. The zero-order valence-electron chi connectivity index (χ0n) is 52.2. The van der Waals surface area contributed by atoms with Gasteiger partial charge in [-0.05, 0) is 51.4 Å². The number of hydrogen-bond acceptors (Lipinski definition) is 9. The minimum Gasteiger partial charge on any atom is -0.550 e. The summed E-state index contributed by atoms with van der Waals surface area (Å²) in [6, 6.07) is 0. The first-order valence-electron chi connectivity index (χ1n) is 32.9. The van der Waals surface area contributed by atoms with Crippen molar-refractivity contribution in [2.24, 2.45) is 0 Å². The van der Waals surface area contributed by atoms with Crippen LogP contribution in [-0.4, -0.2) is 64.5 Å². The predicted molar refractivity (Wildman–Crippen MR) is 327 cm³/mol. The van der Waals surface area contributed by atoms with E-state index in [4.69, 9.17) is 0 Å². The molecule has 0 aromatic rings. The van der Waals surface area contributed by atoms with E-state index in [9.17, 15) is 43.8 Å². The van der Waals surface area contributed by atoms with E-state index in [0.717, 1.165) is 51.4 Å². The Balaban J connectivity index is -0.000000212. The molecule has 0 unspecified atom stereocenters. The average Bonchev–Trinajstić information content (AvgIpc) is 3.37. The molecule has 0 saturated heterocycles. The Morgan fingerprint density at radius 1 is 0.221 bits per heavy atom. The van der Waals surface area contributed by atoms with Crippen LogP contribution in [-0.2, 0) is 30.0 Å². The van der Waals surface area contributed by atoms with E-state index >= 15 is 0 Å². The van der Waals surface area contributed by atoms with Crippen molar-refractivity contribution in [1.82, 2.24) is 0 Å². The molecule has 0 heterocycles. The van der Waals surface area contributed by atoms with Crippen molar-refractivity contribution in [3.63, 3.8) is 0 Å². The quantitative estimate of drug-likeness (QED) is 0.0423. The molecular formula is C66H130O9SSn. The van der Waals surface area contributed by atoms with Crippen molar-refractivity contribution >= 4 is 58.6 Å². The molecular weight excluding hydrogens is 1090 g/mol. The Kier molecular flexibility index (Phi) is 94.6. The van der Waals surface area contributed by atoms with Crippen molar-refractivity contribution in [2.75, 3.05) is 12.5 Å². The molecule has 0 amide bonds. The Morgan fingerprint density at radius 3 is 0.377 bits per heavy atom. The van der Waals surface area contributed by atoms with E-state index in [2.05, 4.69) is 27.7 Å². The number of aliphatic carboxylic acids is 4. The summed E-state index contributed by atoms with van der Waals surface area (Å²) in [6.07, 6.45) is 71.0. The van der Waals surface area contributed by atoms with E-state index in [0.29, 0.717) is 0 Å². The number of carbonyl (C=O) groups excluding carboxylic acids is 4. The van der Waals surface area contributed by atoms with Crippen molar-refractivity contribution < 1.29 is 43.8 Å². The van der Waals surface area contributed by atoms with Gasteiger partial charge in [-0.1, -0.05) is 336 Å². The number of carbonyl (C=O) groups is 4. The van der Waals surface area contributed by atoms with Gasteiger partial charge in [0.1, 0.15) is 0 Å². The summed E-state index contributed by atoms with van der Waals surface area (Å²) >= 11 is 0. The van der Waals surface area contributed by atoms with Gasteiger partial charge in [0.15, 0.2) is 0 Å². The topological polar surface area (TPSA) is 178 Å². The van der Waals surface area contributed by atoms with Crippen LogP contribution in [0.15, 0.2) is 0 Å². The van der Waals surface area contributed by atoms with Gasteiger partial charge in [-0.3, -0.25) is 4.21 Å². The van der Waals surface area contributed by atoms with Crippen LogP contribution in [0.5, 0.6) is 0 Å². The molecule has 0 atom stereocenters. The van der Waals surface area contributed by atoms with Gasteiger partial charge in [0.2, 0.25) is 0 Å². The van der Waals surface area contributed by atoms with Gasteiger partial charge >= 0.3 is 23.9 Å². The Bertz CT molecular complexity index is 976. The fraction of sp³-hybridized carbons (Fsp3) is 0.939. The average molecular weight is 1220 g/mol. The van der Waals surface area contributed by atoms with Gasteiger partial charge in [-0.2, -0.15) is 0 Å². The van der Waals surface area contributed by atoms with E-state index in [1.807, 2.05) is 0 Å². The summed E-state index contributed by atoms with van der Waals surface area (Å²) in [4.78, 5) is 40.8. The third kappa shape index (κ3) is 115. The van der Waals surface area contributed by atoms with Crippen LogP contribution in [0.1, 0.15) is 387 Å². The first-order valence-corrected chi connectivity index (χ1v) is 34.8. The molecule has 0 fully saturated rings. The summed E-state index contributed by atoms with van der Waals surface area (Å²) in [6.45, 7) is 9.03. The first kappa shape index (κ1) is 87.1. The third-order valence-electron chi connectivity index (χ3n) is 13.9. The maximum absolute atomic E-state index is 10.2. The van der Waals surface area contributed by atoms with Crippen LogP contribution in [0, 0.1) is 0 Å². The van der Waals surface area contributed by atoms with Gasteiger partial charge in [0, 0.05) is 47.2 Å². The molecule has 0 aliphatic heterocycles. The second kappa shape index (κ2) is 83.6. The second-order valence-corrected chi connectivity index (χ2v) is 23.7. The molecule has 0 aromatic carbocycles. The molecule has 0 saturated carbocycles. The second-order valence-electron chi connectivity index (χ2n) is 22.2. The number of hydrogen-bond donors (Lipinski definition) is 0. The standard InChI is InChI=1S/4C16H32O2.C2H6OS.Sn/c4*1-2-3-4-5-6-7-8-9-10-11-12-13-14-15-16(17)18;1-4(2)3;/h4*2-15H2,1H3,(H,17,18);1-2H3;/q;;;;;+4/p-4. The number of rotatable bonds is 56.